The van der Waals surface area contributed by atoms with Gasteiger partial charge in [-0.25, -0.2) is 10.1 Å². The molecule has 0 atom stereocenters. The number of nitrogens with zero attached hydrogens (tertiary/aromatic N) is 3. The number of hydrogen-bond acceptors (Lipinski definition) is 4. The van der Waals surface area contributed by atoms with E-state index < -0.39 is 11.0 Å². The van der Waals surface area contributed by atoms with Crippen molar-refractivity contribution in [2.75, 3.05) is 0 Å². The monoisotopic (exact) mass is 275 g/mol. The fraction of sp³-hybridized carbons (Fsp3) is 0. The van der Waals surface area contributed by atoms with Crippen LogP contribution in [0.1, 0.15) is 5.56 Å². The summed E-state index contributed by atoms with van der Waals surface area (Å²) in [5, 5.41) is 16.9. The molecule has 1 aromatic carbocycles. The zero-order chi connectivity index (χ0) is 12.8. The van der Waals surface area contributed by atoms with Gasteiger partial charge >= 0.3 is 0 Å². The van der Waals surface area contributed by atoms with E-state index in [2.05, 4.69) is 10.2 Å². The molecule has 3 N–H and O–H groups in total. The number of hydrogen-bond donors (Lipinski definition) is 2. The highest BCUT2D eigenvalue weighted by Gasteiger charge is 1.99. The zero-order valence-electron chi connectivity index (χ0n) is 8.30. The molecule has 0 aliphatic rings. The highest BCUT2D eigenvalue weighted by molar-refractivity contribution is 6.36. The maximum atomic E-state index is 9.98. The molecule has 90 valence electrons. The Bertz CT molecular complexity index is 489. The lowest BCUT2D eigenvalue weighted by molar-refractivity contribution is -0.525. The normalized spacial score (nSPS) is 11.8. The van der Waals surface area contributed by atoms with E-state index in [9.17, 15) is 10.1 Å². The quantitative estimate of drug-likeness (QED) is 0.377. The van der Waals surface area contributed by atoms with E-state index in [0.717, 1.165) is 0 Å². The first-order chi connectivity index (χ1) is 7.99. The molecule has 7 nitrogen and oxygen atoms in total. The van der Waals surface area contributed by atoms with E-state index in [-0.39, 0.29) is 0 Å². The maximum Gasteiger partial charge on any atom is 0.275 e. The SMILES string of the molecule is N/C(=N\N=C/c1ccc(Cl)cc1Cl)N[N+](=O)[O-]. The van der Waals surface area contributed by atoms with Crippen LogP contribution in [0.5, 0.6) is 0 Å². The van der Waals surface area contributed by atoms with Gasteiger partial charge in [0.2, 0.25) is 0 Å². The fourth-order valence-corrected chi connectivity index (χ4v) is 1.33. The van der Waals surface area contributed by atoms with Gasteiger partial charge in [-0.3, -0.25) is 0 Å². The average molecular weight is 276 g/mol. The lowest BCUT2D eigenvalue weighted by atomic mass is 10.2. The topological polar surface area (TPSA) is 106 Å². The number of halogens is 2. The van der Waals surface area contributed by atoms with Crippen LogP contribution < -0.4 is 11.2 Å². The zero-order valence-corrected chi connectivity index (χ0v) is 9.81. The molecule has 0 radical (unpaired) electrons. The van der Waals surface area contributed by atoms with Crippen molar-refractivity contribution >= 4 is 35.4 Å². The van der Waals surface area contributed by atoms with Crippen LogP contribution in [0.25, 0.3) is 0 Å². The summed E-state index contributed by atoms with van der Waals surface area (Å²) in [6.07, 6.45) is 1.30. The first-order valence-electron chi connectivity index (χ1n) is 4.21. The summed E-state index contributed by atoms with van der Waals surface area (Å²) in [6.45, 7) is 0. The van der Waals surface area contributed by atoms with Crippen molar-refractivity contribution in [2.24, 2.45) is 15.9 Å². The molecule has 0 aromatic heterocycles. The minimum atomic E-state index is -0.844. The maximum absolute atomic E-state index is 9.98. The van der Waals surface area contributed by atoms with Crippen molar-refractivity contribution in [2.45, 2.75) is 0 Å². The Morgan fingerprint density at radius 3 is 2.82 bits per heavy atom. The second kappa shape index (κ2) is 6.02. The van der Waals surface area contributed by atoms with E-state index in [0.29, 0.717) is 15.6 Å². The van der Waals surface area contributed by atoms with E-state index in [4.69, 9.17) is 28.9 Å². The van der Waals surface area contributed by atoms with Crippen molar-refractivity contribution in [3.8, 4) is 0 Å². The molecule has 0 saturated heterocycles. The molecule has 1 aromatic rings. The number of benzene rings is 1. The smallest absolute Gasteiger partial charge is 0.275 e. The molecular formula is C8H7Cl2N5O2. The van der Waals surface area contributed by atoms with Crippen LogP contribution >= 0.6 is 23.2 Å². The van der Waals surface area contributed by atoms with E-state index in [1.54, 1.807) is 17.6 Å². The summed E-state index contributed by atoms with van der Waals surface area (Å²) < 4.78 is 0. The van der Waals surface area contributed by atoms with Crippen molar-refractivity contribution in [1.29, 1.82) is 0 Å². The molecule has 0 bridgehead atoms. The van der Waals surface area contributed by atoms with Crippen molar-refractivity contribution in [1.82, 2.24) is 5.43 Å². The number of rotatable bonds is 3. The number of nitrogens with two attached hydrogens (primary N) is 1. The van der Waals surface area contributed by atoms with Crippen LogP contribution in [-0.2, 0) is 0 Å². The molecule has 0 fully saturated rings. The number of hydrazine groups is 1. The Labute approximate surface area is 106 Å². The molecule has 0 spiro atoms. The average Bonchev–Trinajstić information content (AvgIpc) is 2.20. The highest BCUT2D eigenvalue weighted by Crippen LogP contribution is 2.19. The van der Waals surface area contributed by atoms with E-state index >= 15 is 0 Å². The number of guanidine groups is 1. The number of nitro groups is 1. The van der Waals surface area contributed by atoms with Crippen molar-refractivity contribution in [3.05, 3.63) is 43.9 Å². The third-order valence-electron chi connectivity index (χ3n) is 1.53. The lowest BCUT2D eigenvalue weighted by Gasteiger charge is -1.96. The van der Waals surface area contributed by atoms with Crippen LogP contribution in [0.4, 0.5) is 0 Å². The summed E-state index contributed by atoms with van der Waals surface area (Å²) >= 11 is 11.5. The number of nitrogens with one attached hydrogen (secondary N) is 1. The lowest BCUT2D eigenvalue weighted by Crippen LogP contribution is -2.35. The second-order valence-corrected chi connectivity index (χ2v) is 3.61. The van der Waals surface area contributed by atoms with E-state index in [1.807, 2.05) is 0 Å². The molecular weight excluding hydrogens is 269 g/mol. The fourth-order valence-electron chi connectivity index (χ4n) is 0.875. The van der Waals surface area contributed by atoms with Gasteiger partial charge in [-0.15, -0.1) is 5.10 Å². The molecule has 0 saturated carbocycles. The van der Waals surface area contributed by atoms with Gasteiger partial charge in [0.1, 0.15) is 0 Å². The third kappa shape index (κ3) is 4.66. The molecule has 9 heteroatoms. The van der Waals surface area contributed by atoms with Gasteiger partial charge in [0.25, 0.3) is 5.96 Å². The molecule has 0 unspecified atom stereocenters. The van der Waals surface area contributed by atoms with Gasteiger partial charge in [-0.05, 0) is 12.1 Å². The summed E-state index contributed by atoms with van der Waals surface area (Å²) in [6, 6.07) is 4.78. The Balaban J connectivity index is 2.74. The summed E-state index contributed by atoms with van der Waals surface area (Å²) in [5.41, 5.74) is 7.33. The van der Waals surface area contributed by atoms with Crippen LogP contribution in [0, 0.1) is 10.1 Å². The summed E-state index contributed by atoms with van der Waals surface area (Å²) in [7, 11) is 0. The van der Waals surface area contributed by atoms with Crippen LogP contribution in [0.3, 0.4) is 0 Å². The van der Waals surface area contributed by atoms with Crippen molar-refractivity contribution < 1.29 is 5.03 Å². The highest BCUT2D eigenvalue weighted by atomic mass is 35.5. The summed E-state index contributed by atoms with van der Waals surface area (Å²) in [5.74, 6) is -0.434. The van der Waals surface area contributed by atoms with Crippen LogP contribution in [0.15, 0.2) is 28.4 Å². The molecule has 0 aliphatic carbocycles. The van der Waals surface area contributed by atoms with Crippen LogP contribution in [-0.4, -0.2) is 17.2 Å². The molecule has 0 amide bonds. The van der Waals surface area contributed by atoms with Gasteiger partial charge in [-0.2, -0.15) is 5.10 Å². The Morgan fingerprint density at radius 2 is 2.24 bits per heavy atom. The largest absolute Gasteiger partial charge is 0.364 e. The third-order valence-corrected chi connectivity index (χ3v) is 2.09. The molecule has 0 heterocycles. The van der Waals surface area contributed by atoms with Gasteiger partial charge in [-0.1, -0.05) is 34.7 Å². The Morgan fingerprint density at radius 1 is 1.53 bits per heavy atom. The van der Waals surface area contributed by atoms with E-state index in [1.165, 1.54) is 12.3 Å². The first-order valence-corrected chi connectivity index (χ1v) is 4.97. The predicted octanol–water partition coefficient (Wildman–Crippen LogP) is 1.42. The molecule has 0 aliphatic heterocycles. The van der Waals surface area contributed by atoms with Crippen molar-refractivity contribution in [3.63, 3.8) is 0 Å². The van der Waals surface area contributed by atoms with Gasteiger partial charge in [0.05, 0.1) is 11.2 Å². The van der Waals surface area contributed by atoms with Gasteiger partial charge in [0.15, 0.2) is 5.03 Å². The predicted molar refractivity (Wildman–Crippen MR) is 65.8 cm³/mol. The standard InChI is InChI=1S/C8H7Cl2N5O2/c9-6-2-1-5(7(10)3-6)4-12-13-8(11)14-15(16)17/h1-4H,(H3,11,13,14)/b12-4-. The van der Waals surface area contributed by atoms with Gasteiger partial charge in [0, 0.05) is 10.6 Å². The molecule has 1 rings (SSSR count). The first kappa shape index (κ1) is 13.2. The summed E-state index contributed by atoms with van der Waals surface area (Å²) in [4.78, 5) is 9.98. The second-order valence-electron chi connectivity index (χ2n) is 2.76. The Hall–Kier alpha value is -1.86. The minimum absolute atomic E-state index is 0.386. The van der Waals surface area contributed by atoms with Crippen LogP contribution in [0.2, 0.25) is 10.0 Å². The minimum Gasteiger partial charge on any atom is -0.364 e. The molecule has 17 heavy (non-hydrogen) atoms. The Kier molecular flexibility index (Phi) is 4.68. The van der Waals surface area contributed by atoms with Gasteiger partial charge < -0.3 is 5.73 Å².